The molecule has 1 aromatic heterocycles. The summed E-state index contributed by atoms with van der Waals surface area (Å²) in [6.45, 7) is 3.49. The van der Waals surface area contributed by atoms with Crippen LogP contribution >= 0.6 is 0 Å². The standard InChI is InChI=1S/C23H24N6O3S/c1-17-15-22(26-19-5-7-20(32-2)8-6-19)27-23(25-17)28-11-13-29(14-12-28)33(30,31)21-9-3-18(16-24)4-10-21/h3-10,15H,11-14H2,1-2H3,(H,25,26,27). The van der Waals surface area contributed by atoms with Crippen LogP contribution in [0.5, 0.6) is 5.75 Å². The van der Waals surface area contributed by atoms with Crippen LogP contribution in [-0.2, 0) is 10.0 Å². The summed E-state index contributed by atoms with van der Waals surface area (Å²) in [5.74, 6) is 1.99. The summed E-state index contributed by atoms with van der Waals surface area (Å²) >= 11 is 0. The van der Waals surface area contributed by atoms with Gasteiger partial charge in [0.25, 0.3) is 0 Å². The molecule has 3 aromatic rings. The SMILES string of the molecule is COc1ccc(Nc2cc(C)nc(N3CCN(S(=O)(=O)c4ccc(C#N)cc4)CC3)n2)cc1. The van der Waals surface area contributed by atoms with Crippen LogP contribution in [-0.4, -0.2) is 56.0 Å². The Kier molecular flexibility index (Phi) is 6.44. The number of nitrogens with zero attached hydrogens (tertiary/aromatic N) is 5. The van der Waals surface area contributed by atoms with Gasteiger partial charge in [0, 0.05) is 43.6 Å². The molecule has 0 radical (unpaired) electrons. The topological polar surface area (TPSA) is 111 Å². The molecule has 0 spiro atoms. The fourth-order valence-electron chi connectivity index (χ4n) is 3.56. The first-order valence-electron chi connectivity index (χ1n) is 10.4. The lowest BCUT2D eigenvalue weighted by atomic mass is 10.2. The highest BCUT2D eigenvalue weighted by molar-refractivity contribution is 7.89. The second-order valence-electron chi connectivity index (χ2n) is 7.58. The average molecular weight is 465 g/mol. The summed E-state index contributed by atoms with van der Waals surface area (Å²) in [5.41, 5.74) is 2.11. The van der Waals surface area contributed by atoms with E-state index in [2.05, 4.69) is 15.3 Å². The minimum Gasteiger partial charge on any atom is -0.497 e. The van der Waals surface area contributed by atoms with Gasteiger partial charge in [0.1, 0.15) is 11.6 Å². The zero-order chi connectivity index (χ0) is 23.4. The Hall–Kier alpha value is -3.68. The summed E-state index contributed by atoms with van der Waals surface area (Å²) in [4.78, 5) is 11.4. The molecule has 0 aliphatic carbocycles. The Balaban J connectivity index is 1.45. The fourth-order valence-corrected chi connectivity index (χ4v) is 4.98. The van der Waals surface area contributed by atoms with E-state index in [9.17, 15) is 8.42 Å². The van der Waals surface area contributed by atoms with Crippen molar-refractivity contribution in [2.45, 2.75) is 11.8 Å². The maximum absolute atomic E-state index is 13.0. The minimum absolute atomic E-state index is 0.188. The second kappa shape index (κ2) is 9.44. The van der Waals surface area contributed by atoms with E-state index in [1.165, 1.54) is 28.6 Å². The lowest BCUT2D eigenvalue weighted by Gasteiger charge is -2.34. The third-order valence-corrected chi connectivity index (χ3v) is 7.26. The molecule has 0 atom stereocenters. The monoisotopic (exact) mass is 464 g/mol. The summed E-state index contributed by atoms with van der Waals surface area (Å²) in [7, 11) is -2.00. The van der Waals surface area contributed by atoms with Gasteiger partial charge >= 0.3 is 0 Å². The predicted molar refractivity (Wildman–Crippen MR) is 125 cm³/mol. The van der Waals surface area contributed by atoms with Gasteiger partial charge in [-0.05, 0) is 55.5 Å². The molecule has 4 rings (SSSR count). The number of hydrogen-bond acceptors (Lipinski definition) is 8. The smallest absolute Gasteiger partial charge is 0.243 e. The number of aryl methyl sites for hydroxylation is 1. The van der Waals surface area contributed by atoms with Gasteiger partial charge in [0.15, 0.2) is 0 Å². The van der Waals surface area contributed by atoms with Gasteiger partial charge < -0.3 is 15.0 Å². The maximum Gasteiger partial charge on any atom is 0.243 e. The fraction of sp³-hybridized carbons (Fsp3) is 0.261. The molecular formula is C23H24N6O3S. The number of piperazine rings is 1. The molecule has 2 heterocycles. The first kappa shape index (κ1) is 22.5. The van der Waals surface area contributed by atoms with Crippen LogP contribution in [0.2, 0.25) is 0 Å². The van der Waals surface area contributed by atoms with E-state index in [0.29, 0.717) is 43.5 Å². The van der Waals surface area contributed by atoms with Crippen LogP contribution in [0.3, 0.4) is 0 Å². The highest BCUT2D eigenvalue weighted by Gasteiger charge is 2.29. The lowest BCUT2D eigenvalue weighted by Crippen LogP contribution is -2.49. The Morgan fingerprint density at radius 1 is 1.00 bits per heavy atom. The van der Waals surface area contributed by atoms with Crippen molar-refractivity contribution in [2.24, 2.45) is 0 Å². The number of benzene rings is 2. The van der Waals surface area contributed by atoms with E-state index in [1.54, 1.807) is 7.11 Å². The van der Waals surface area contributed by atoms with Crippen molar-refractivity contribution < 1.29 is 13.2 Å². The molecule has 0 unspecified atom stereocenters. The van der Waals surface area contributed by atoms with Crippen molar-refractivity contribution in [2.75, 3.05) is 43.5 Å². The second-order valence-corrected chi connectivity index (χ2v) is 9.51. The molecule has 170 valence electrons. The number of methoxy groups -OCH3 is 1. The molecule has 1 aliphatic heterocycles. The Bertz CT molecular complexity index is 1260. The first-order valence-corrected chi connectivity index (χ1v) is 11.8. The highest BCUT2D eigenvalue weighted by atomic mass is 32.2. The van der Waals surface area contributed by atoms with Crippen molar-refractivity contribution in [1.82, 2.24) is 14.3 Å². The van der Waals surface area contributed by atoms with Crippen molar-refractivity contribution in [3.8, 4) is 11.8 Å². The summed E-state index contributed by atoms with van der Waals surface area (Å²) in [6, 6.07) is 17.4. The van der Waals surface area contributed by atoms with Crippen LogP contribution < -0.4 is 15.0 Å². The first-order chi connectivity index (χ1) is 15.9. The predicted octanol–water partition coefficient (Wildman–Crippen LogP) is 2.92. The number of nitriles is 1. The van der Waals surface area contributed by atoms with E-state index in [4.69, 9.17) is 10.00 Å². The van der Waals surface area contributed by atoms with Gasteiger partial charge in [0.2, 0.25) is 16.0 Å². The zero-order valence-corrected chi connectivity index (χ0v) is 19.2. The van der Waals surface area contributed by atoms with Crippen LogP contribution in [0.1, 0.15) is 11.3 Å². The molecule has 9 nitrogen and oxygen atoms in total. The molecule has 1 saturated heterocycles. The van der Waals surface area contributed by atoms with Crippen LogP contribution in [0, 0.1) is 18.3 Å². The van der Waals surface area contributed by atoms with Crippen LogP contribution in [0.25, 0.3) is 0 Å². The van der Waals surface area contributed by atoms with Gasteiger partial charge in [-0.15, -0.1) is 0 Å². The van der Waals surface area contributed by atoms with Crippen LogP contribution in [0.4, 0.5) is 17.5 Å². The lowest BCUT2D eigenvalue weighted by molar-refractivity contribution is 0.382. The third-order valence-electron chi connectivity index (χ3n) is 5.35. The number of ether oxygens (including phenoxy) is 1. The molecule has 1 aliphatic rings. The van der Waals surface area contributed by atoms with Gasteiger partial charge in [-0.1, -0.05) is 0 Å². The molecule has 1 fully saturated rings. The third kappa shape index (κ3) is 5.05. The number of aromatic nitrogens is 2. The summed E-state index contributed by atoms with van der Waals surface area (Å²) < 4.78 is 32.6. The van der Waals surface area contributed by atoms with E-state index in [0.717, 1.165) is 17.1 Å². The largest absolute Gasteiger partial charge is 0.497 e. The molecule has 2 aromatic carbocycles. The van der Waals surface area contributed by atoms with E-state index >= 15 is 0 Å². The molecule has 0 bridgehead atoms. The maximum atomic E-state index is 13.0. The summed E-state index contributed by atoms with van der Waals surface area (Å²) in [6.07, 6.45) is 0. The van der Waals surface area contributed by atoms with Crippen LogP contribution in [0.15, 0.2) is 59.5 Å². The van der Waals surface area contributed by atoms with Gasteiger partial charge in [-0.3, -0.25) is 0 Å². The number of anilines is 3. The Morgan fingerprint density at radius 3 is 2.27 bits per heavy atom. The molecule has 0 saturated carbocycles. The molecular weight excluding hydrogens is 440 g/mol. The highest BCUT2D eigenvalue weighted by Crippen LogP contribution is 2.23. The molecule has 33 heavy (non-hydrogen) atoms. The molecule has 10 heteroatoms. The molecule has 0 amide bonds. The van der Waals surface area contributed by atoms with Crippen molar-refractivity contribution >= 4 is 27.5 Å². The number of hydrogen-bond donors (Lipinski definition) is 1. The van der Waals surface area contributed by atoms with E-state index in [1.807, 2.05) is 48.2 Å². The zero-order valence-electron chi connectivity index (χ0n) is 18.4. The van der Waals surface area contributed by atoms with E-state index < -0.39 is 10.0 Å². The number of rotatable bonds is 6. The van der Waals surface area contributed by atoms with Crippen molar-refractivity contribution in [1.29, 1.82) is 5.26 Å². The number of sulfonamides is 1. The van der Waals surface area contributed by atoms with Gasteiger partial charge in [0.05, 0.1) is 23.6 Å². The van der Waals surface area contributed by atoms with Crippen molar-refractivity contribution in [3.05, 3.63) is 65.9 Å². The summed E-state index contributed by atoms with van der Waals surface area (Å²) in [5, 5.41) is 12.2. The normalized spacial score (nSPS) is 14.5. The van der Waals surface area contributed by atoms with Gasteiger partial charge in [-0.25, -0.2) is 13.4 Å². The van der Waals surface area contributed by atoms with Gasteiger partial charge in [-0.2, -0.15) is 14.6 Å². The number of nitrogens with one attached hydrogen (secondary N) is 1. The Morgan fingerprint density at radius 2 is 1.67 bits per heavy atom. The Labute approximate surface area is 193 Å². The average Bonchev–Trinajstić information content (AvgIpc) is 2.84. The quantitative estimate of drug-likeness (QED) is 0.593. The minimum atomic E-state index is -3.62. The van der Waals surface area contributed by atoms with E-state index in [-0.39, 0.29) is 4.90 Å². The van der Waals surface area contributed by atoms with Crippen molar-refractivity contribution in [3.63, 3.8) is 0 Å². The molecule has 1 N–H and O–H groups in total.